The van der Waals surface area contributed by atoms with Gasteiger partial charge < -0.3 is 5.32 Å². The molecule has 0 radical (unpaired) electrons. The summed E-state index contributed by atoms with van der Waals surface area (Å²) in [7, 11) is 0. The average molecular weight is 296 g/mol. The third-order valence-electron chi connectivity index (χ3n) is 3.40. The minimum Gasteiger partial charge on any atom is -0.352 e. The zero-order valence-electron chi connectivity index (χ0n) is 10.1. The van der Waals surface area contributed by atoms with Gasteiger partial charge in [-0.1, -0.05) is 18.9 Å². The van der Waals surface area contributed by atoms with Gasteiger partial charge in [-0.05, 0) is 59.3 Å². The Morgan fingerprint density at radius 3 is 2.76 bits per heavy atom. The van der Waals surface area contributed by atoms with Crippen molar-refractivity contribution in [2.45, 2.75) is 32.6 Å². The normalized spacial score (nSPS) is 16.1. The summed E-state index contributed by atoms with van der Waals surface area (Å²) in [5.41, 5.74) is 1.89. The first kappa shape index (κ1) is 12.6. The monoisotopic (exact) mass is 295 g/mol. The Bertz CT molecular complexity index is 411. The molecule has 0 aliphatic heterocycles. The van der Waals surface area contributed by atoms with Crippen LogP contribution in [0.1, 0.15) is 41.6 Å². The molecule has 2 rings (SSSR count). The van der Waals surface area contributed by atoms with E-state index in [2.05, 4.69) is 21.2 Å². The minimum atomic E-state index is 0.0313. The molecule has 0 heterocycles. The first-order chi connectivity index (χ1) is 8.16. The summed E-state index contributed by atoms with van der Waals surface area (Å²) in [5.74, 6) is 0.715. The summed E-state index contributed by atoms with van der Waals surface area (Å²) < 4.78 is 0.876. The van der Waals surface area contributed by atoms with E-state index in [0.717, 1.165) is 22.1 Å². The van der Waals surface area contributed by atoms with Gasteiger partial charge in [0.25, 0.3) is 5.91 Å². The zero-order valence-corrected chi connectivity index (χ0v) is 11.7. The number of amides is 1. The number of hydrogen-bond acceptors (Lipinski definition) is 1. The highest BCUT2D eigenvalue weighted by atomic mass is 79.9. The van der Waals surface area contributed by atoms with Crippen LogP contribution >= 0.6 is 15.9 Å². The van der Waals surface area contributed by atoms with Crippen LogP contribution in [-0.4, -0.2) is 12.5 Å². The minimum absolute atomic E-state index is 0.0313. The van der Waals surface area contributed by atoms with Crippen LogP contribution in [0.3, 0.4) is 0 Å². The van der Waals surface area contributed by atoms with Gasteiger partial charge in [0.2, 0.25) is 0 Å². The van der Waals surface area contributed by atoms with Crippen molar-refractivity contribution in [3.8, 4) is 0 Å². The Morgan fingerprint density at radius 2 is 2.12 bits per heavy atom. The third-order valence-corrected chi connectivity index (χ3v) is 4.05. The lowest BCUT2D eigenvalue weighted by atomic mass is 10.1. The third kappa shape index (κ3) is 3.32. The first-order valence-electron chi connectivity index (χ1n) is 6.21. The number of benzene rings is 1. The summed E-state index contributed by atoms with van der Waals surface area (Å²) in [5, 5.41) is 3.03. The molecule has 1 saturated carbocycles. The molecule has 1 aliphatic rings. The molecule has 1 aromatic carbocycles. The van der Waals surface area contributed by atoms with E-state index in [4.69, 9.17) is 0 Å². The topological polar surface area (TPSA) is 29.1 Å². The summed E-state index contributed by atoms with van der Waals surface area (Å²) in [4.78, 5) is 12.0. The second-order valence-electron chi connectivity index (χ2n) is 4.84. The van der Waals surface area contributed by atoms with Gasteiger partial charge in [-0.25, -0.2) is 0 Å². The largest absolute Gasteiger partial charge is 0.352 e. The predicted octanol–water partition coefficient (Wildman–Crippen LogP) is 3.68. The maximum atomic E-state index is 12.0. The van der Waals surface area contributed by atoms with Crippen LogP contribution in [0.15, 0.2) is 22.7 Å². The van der Waals surface area contributed by atoms with Crippen LogP contribution in [-0.2, 0) is 0 Å². The van der Waals surface area contributed by atoms with Crippen LogP contribution in [0.2, 0.25) is 0 Å². The van der Waals surface area contributed by atoms with Crippen LogP contribution in [0.25, 0.3) is 0 Å². The van der Waals surface area contributed by atoms with Crippen molar-refractivity contribution in [3.05, 3.63) is 33.8 Å². The van der Waals surface area contributed by atoms with Crippen molar-refractivity contribution in [1.82, 2.24) is 5.32 Å². The van der Waals surface area contributed by atoms with Gasteiger partial charge in [-0.2, -0.15) is 0 Å². The van der Waals surface area contributed by atoms with E-state index in [0.29, 0.717) is 5.92 Å². The molecule has 0 aromatic heterocycles. The number of carbonyl (C=O) groups is 1. The van der Waals surface area contributed by atoms with Crippen LogP contribution in [0, 0.1) is 12.8 Å². The fourth-order valence-electron chi connectivity index (χ4n) is 2.35. The van der Waals surface area contributed by atoms with Crippen molar-refractivity contribution in [2.75, 3.05) is 6.54 Å². The van der Waals surface area contributed by atoms with E-state index >= 15 is 0 Å². The average Bonchev–Trinajstić information content (AvgIpc) is 2.78. The Labute approximate surface area is 111 Å². The number of hydrogen-bond donors (Lipinski definition) is 1. The smallest absolute Gasteiger partial charge is 0.252 e. The highest BCUT2D eigenvalue weighted by molar-refractivity contribution is 9.10. The lowest BCUT2D eigenvalue weighted by Crippen LogP contribution is -2.28. The van der Waals surface area contributed by atoms with E-state index in [9.17, 15) is 4.79 Å². The standard InChI is InChI=1S/C14H18BrNO/c1-10-6-7-12(13(15)8-10)14(17)16-9-11-4-2-3-5-11/h6-8,11H,2-5,9H2,1H3,(H,16,17). The molecule has 1 aromatic rings. The molecule has 3 heteroatoms. The van der Waals surface area contributed by atoms with Crippen LogP contribution < -0.4 is 5.32 Å². The Morgan fingerprint density at radius 1 is 1.41 bits per heavy atom. The Hall–Kier alpha value is -0.830. The number of rotatable bonds is 3. The van der Waals surface area contributed by atoms with Crippen molar-refractivity contribution >= 4 is 21.8 Å². The predicted molar refractivity (Wildman–Crippen MR) is 73.2 cm³/mol. The lowest BCUT2D eigenvalue weighted by molar-refractivity contribution is 0.0946. The molecule has 1 aliphatic carbocycles. The van der Waals surface area contributed by atoms with Gasteiger partial charge in [0.05, 0.1) is 5.56 Å². The molecule has 17 heavy (non-hydrogen) atoms. The molecule has 0 bridgehead atoms. The quantitative estimate of drug-likeness (QED) is 0.906. The second-order valence-corrected chi connectivity index (χ2v) is 5.70. The molecule has 1 fully saturated rings. The van der Waals surface area contributed by atoms with Gasteiger partial charge in [0, 0.05) is 11.0 Å². The molecule has 1 amide bonds. The molecular weight excluding hydrogens is 278 g/mol. The van der Waals surface area contributed by atoms with E-state index in [1.807, 2.05) is 25.1 Å². The van der Waals surface area contributed by atoms with E-state index in [-0.39, 0.29) is 5.91 Å². The molecule has 0 spiro atoms. The summed E-state index contributed by atoms with van der Waals surface area (Å²) in [6.45, 7) is 2.84. The molecular formula is C14H18BrNO. The van der Waals surface area contributed by atoms with Crippen molar-refractivity contribution in [3.63, 3.8) is 0 Å². The van der Waals surface area contributed by atoms with E-state index < -0.39 is 0 Å². The molecule has 2 nitrogen and oxygen atoms in total. The van der Waals surface area contributed by atoms with E-state index in [1.54, 1.807) is 0 Å². The van der Waals surface area contributed by atoms with Gasteiger partial charge in [-0.15, -0.1) is 0 Å². The maximum Gasteiger partial charge on any atom is 0.252 e. The Kier molecular flexibility index (Phi) is 4.21. The Balaban J connectivity index is 1.94. The van der Waals surface area contributed by atoms with Crippen LogP contribution in [0.5, 0.6) is 0 Å². The summed E-state index contributed by atoms with van der Waals surface area (Å²) >= 11 is 3.44. The van der Waals surface area contributed by atoms with Gasteiger partial charge >= 0.3 is 0 Å². The second kappa shape index (κ2) is 5.67. The lowest BCUT2D eigenvalue weighted by Gasteiger charge is -2.11. The molecule has 92 valence electrons. The van der Waals surface area contributed by atoms with Gasteiger partial charge in [0.15, 0.2) is 0 Å². The molecule has 0 atom stereocenters. The van der Waals surface area contributed by atoms with Crippen molar-refractivity contribution in [2.24, 2.45) is 5.92 Å². The highest BCUT2D eigenvalue weighted by Crippen LogP contribution is 2.24. The SMILES string of the molecule is Cc1ccc(C(=O)NCC2CCCC2)c(Br)c1. The molecule has 1 N–H and O–H groups in total. The van der Waals surface area contributed by atoms with Crippen LogP contribution in [0.4, 0.5) is 0 Å². The number of halogens is 1. The van der Waals surface area contributed by atoms with Gasteiger partial charge in [-0.3, -0.25) is 4.79 Å². The summed E-state index contributed by atoms with van der Waals surface area (Å²) in [6, 6.07) is 5.82. The van der Waals surface area contributed by atoms with Crippen molar-refractivity contribution < 1.29 is 4.79 Å². The molecule has 0 unspecified atom stereocenters. The fourth-order valence-corrected chi connectivity index (χ4v) is 3.02. The maximum absolute atomic E-state index is 12.0. The number of nitrogens with one attached hydrogen (secondary N) is 1. The van der Waals surface area contributed by atoms with E-state index in [1.165, 1.54) is 25.7 Å². The fraction of sp³-hybridized carbons (Fsp3) is 0.500. The first-order valence-corrected chi connectivity index (χ1v) is 7.00. The summed E-state index contributed by atoms with van der Waals surface area (Å²) in [6.07, 6.45) is 5.15. The highest BCUT2D eigenvalue weighted by Gasteiger charge is 2.16. The zero-order chi connectivity index (χ0) is 12.3. The number of carbonyl (C=O) groups excluding carboxylic acids is 1. The van der Waals surface area contributed by atoms with Gasteiger partial charge in [0.1, 0.15) is 0 Å². The number of aryl methyl sites for hydroxylation is 1. The van der Waals surface area contributed by atoms with Crippen molar-refractivity contribution in [1.29, 1.82) is 0 Å². The molecule has 0 saturated heterocycles.